The lowest BCUT2D eigenvalue weighted by Crippen LogP contribution is -2.40. The number of halogens is 2. The van der Waals surface area contributed by atoms with E-state index in [2.05, 4.69) is 20.7 Å². The molecule has 0 heterocycles. The topological polar surface area (TPSA) is 26.3 Å². The van der Waals surface area contributed by atoms with Crippen molar-refractivity contribution in [2.45, 2.75) is 30.8 Å². The molecule has 1 saturated carbocycles. The minimum atomic E-state index is -1.94. The molecule has 70 valence electrons. The monoisotopic (exact) mass is 238 g/mol. The number of alkyl halides is 2. The number of carbonyl (C=O) groups excluding carboxylic acids is 1. The van der Waals surface area contributed by atoms with Crippen LogP contribution < -0.4 is 0 Å². The summed E-state index contributed by atoms with van der Waals surface area (Å²) in [4.78, 5) is 11.1. The van der Waals surface area contributed by atoms with Gasteiger partial charge in [0.15, 0.2) is 0 Å². The lowest BCUT2D eigenvalue weighted by molar-refractivity contribution is -0.154. The van der Waals surface area contributed by atoms with Crippen LogP contribution in [0.25, 0.3) is 0 Å². The van der Waals surface area contributed by atoms with Gasteiger partial charge in [-0.3, -0.25) is 0 Å². The summed E-state index contributed by atoms with van der Waals surface area (Å²) in [5.41, 5.74) is 0. The van der Waals surface area contributed by atoms with E-state index in [0.29, 0.717) is 0 Å². The first-order valence-corrected chi connectivity index (χ1v) is 4.93. The molecule has 0 spiro atoms. The molecule has 2 nitrogen and oxygen atoms in total. The standard InChI is InChI=1S/C8H12BrFO2/c1-2-12-7(11)8(9,10)6-4-3-5-6/h6H,2-5H2,1H3. The number of carbonyl (C=O) groups is 1. The lowest BCUT2D eigenvalue weighted by Gasteiger charge is -2.33. The van der Waals surface area contributed by atoms with Crippen LogP contribution in [0, 0.1) is 5.92 Å². The summed E-state index contributed by atoms with van der Waals surface area (Å²) in [5, 5.41) is 0. The second kappa shape index (κ2) is 3.73. The van der Waals surface area contributed by atoms with Gasteiger partial charge >= 0.3 is 5.97 Å². The number of rotatable bonds is 3. The Kier molecular flexibility index (Phi) is 3.09. The number of ether oxygens (including phenoxy) is 1. The van der Waals surface area contributed by atoms with E-state index in [1.54, 1.807) is 6.92 Å². The number of hydrogen-bond acceptors (Lipinski definition) is 2. The molecule has 0 aliphatic heterocycles. The Bertz CT molecular complexity index is 178. The van der Waals surface area contributed by atoms with Gasteiger partial charge in [0.05, 0.1) is 6.61 Å². The molecular weight excluding hydrogens is 227 g/mol. The molecule has 12 heavy (non-hydrogen) atoms. The van der Waals surface area contributed by atoms with E-state index < -0.39 is 10.5 Å². The zero-order valence-electron chi connectivity index (χ0n) is 6.98. The van der Waals surface area contributed by atoms with Crippen molar-refractivity contribution in [1.82, 2.24) is 0 Å². The summed E-state index contributed by atoms with van der Waals surface area (Å²) in [6, 6.07) is 0. The SMILES string of the molecule is CCOC(=O)C(F)(Br)C1CCC1. The van der Waals surface area contributed by atoms with Crippen LogP contribution in [0.2, 0.25) is 0 Å². The Morgan fingerprint density at radius 2 is 2.33 bits per heavy atom. The van der Waals surface area contributed by atoms with Crippen LogP contribution in [-0.4, -0.2) is 17.2 Å². The largest absolute Gasteiger partial charge is 0.463 e. The van der Waals surface area contributed by atoms with Gasteiger partial charge in [0, 0.05) is 5.92 Å². The van der Waals surface area contributed by atoms with E-state index in [9.17, 15) is 9.18 Å². The summed E-state index contributed by atoms with van der Waals surface area (Å²) in [6.07, 6.45) is 2.53. The van der Waals surface area contributed by atoms with E-state index in [-0.39, 0.29) is 12.5 Å². The normalized spacial score (nSPS) is 22.6. The van der Waals surface area contributed by atoms with Gasteiger partial charge in [-0.1, -0.05) is 6.42 Å². The Balaban J connectivity index is 2.50. The second-order valence-corrected chi connectivity index (χ2v) is 4.13. The van der Waals surface area contributed by atoms with Gasteiger partial charge in [0.1, 0.15) is 0 Å². The molecular formula is C8H12BrFO2. The third-order valence-electron chi connectivity index (χ3n) is 2.17. The summed E-state index contributed by atoms with van der Waals surface area (Å²) in [5.74, 6) is -0.980. The van der Waals surface area contributed by atoms with E-state index in [1.165, 1.54) is 0 Å². The second-order valence-electron chi connectivity index (χ2n) is 2.97. The van der Waals surface area contributed by atoms with Crippen molar-refractivity contribution in [3.05, 3.63) is 0 Å². The molecule has 0 bridgehead atoms. The highest BCUT2D eigenvalue weighted by molar-refractivity contribution is 9.10. The molecule has 1 fully saturated rings. The molecule has 4 heteroatoms. The highest BCUT2D eigenvalue weighted by atomic mass is 79.9. The molecule has 1 rings (SSSR count). The zero-order chi connectivity index (χ0) is 9.19. The van der Waals surface area contributed by atoms with Gasteiger partial charge in [0.25, 0.3) is 4.58 Å². The molecule has 0 radical (unpaired) electrons. The Morgan fingerprint density at radius 1 is 1.75 bits per heavy atom. The fraction of sp³-hybridized carbons (Fsp3) is 0.875. The summed E-state index contributed by atoms with van der Waals surface area (Å²) in [7, 11) is 0. The smallest absolute Gasteiger partial charge is 0.355 e. The fourth-order valence-corrected chi connectivity index (χ4v) is 1.74. The Labute approximate surface area is 79.6 Å². The van der Waals surface area contributed by atoms with Crippen LogP contribution in [0.3, 0.4) is 0 Å². The van der Waals surface area contributed by atoms with Crippen molar-refractivity contribution in [2.24, 2.45) is 5.92 Å². The van der Waals surface area contributed by atoms with Crippen molar-refractivity contribution in [2.75, 3.05) is 6.61 Å². The molecule has 0 N–H and O–H groups in total. The predicted octanol–water partition coefficient (Wildman–Crippen LogP) is 2.41. The van der Waals surface area contributed by atoms with Gasteiger partial charge in [-0.25, -0.2) is 9.18 Å². The molecule has 0 aromatic heterocycles. The van der Waals surface area contributed by atoms with E-state index in [0.717, 1.165) is 19.3 Å². The minimum absolute atomic E-state index is 0.198. The Hall–Kier alpha value is -0.120. The summed E-state index contributed by atoms with van der Waals surface area (Å²) >= 11 is 2.78. The van der Waals surface area contributed by atoms with E-state index in [4.69, 9.17) is 0 Å². The predicted molar refractivity (Wildman–Crippen MR) is 46.7 cm³/mol. The molecule has 1 aliphatic rings. The van der Waals surface area contributed by atoms with Gasteiger partial charge in [0.2, 0.25) is 0 Å². The first kappa shape index (κ1) is 9.96. The maximum atomic E-state index is 13.6. The van der Waals surface area contributed by atoms with Gasteiger partial charge in [-0.2, -0.15) is 0 Å². The van der Waals surface area contributed by atoms with Gasteiger partial charge in [-0.15, -0.1) is 0 Å². The molecule has 0 saturated heterocycles. The van der Waals surface area contributed by atoms with Crippen molar-refractivity contribution in [3.8, 4) is 0 Å². The quantitative estimate of drug-likeness (QED) is 0.558. The third kappa shape index (κ3) is 1.79. The van der Waals surface area contributed by atoms with Crippen molar-refractivity contribution >= 4 is 21.9 Å². The average Bonchev–Trinajstić information content (AvgIpc) is 1.82. The van der Waals surface area contributed by atoms with Crippen LogP contribution in [0.1, 0.15) is 26.2 Å². The highest BCUT2D eigenvalue weighted by Gasteiger charge is 2.47. The first-order valence-electron chi connectivity index (χ1n) is 4.14. The van der Waals surface area contributed by atoms with Crippen molar-refractivity contribution in [1.29, 1.82) is 0 Å². The summed E-state index contributed by atoms with van der Waals surface area (Å²) in [6.45, 7) is 1.89. The molecule has 0 amide bonds. The van der Waals surface area contributed by atoms with Crippen LogP contribution in [0.4, 0.5) is 4.39 Å². The molecule has 1 atom stereocenters. The molecule has 0 aromatic carbocycles. The zero-order valence-corrected chi connectivity index (χ0v) is 8.56. The van der Waals surface area contributed by atoms with Gasteiger partial charge in [-0.05, 0) is 35.7 Å². The molecule has 1 aliphatic carbocycles. The maximum absolute atomic E-state index is 13.6. The highest BCUT2D eigenvalue weighted by Crippen LogP contribution is 2.43. The molecule has 0 aromatic rings. The van der Waals surface area contributed by atoms with Crippen molar-refractivity contribution < 1.29 is 13.9 Å². The van der Waals surface area contributed by atoms with Crippen LogP contribution in [-0.2, 0) is 9.53 Å². The lowest BCUT2D eigenvalue weighted by atomic mass is 9.82. The maximum Gasteiger partial charge on any atom is 0.355 e. The summed E-state index contributed by atoms with van der Waals surface area (Å²) < 4.78 is 16.2. The van der Waals surface area contributed by atoms with Crippen molar-refractivity contribution in [3.63, 3.8) is 0 Å². The van der Waals surface area contributed by atoms with Crippen LogP contribution >= 0.6 is 15.9 Å². The third-order valence-corrected chi connectivity index (χ3v) is 3.14. The number of hydrogen-bond donors (Lipinski definition) is 0. The first-order chi connectivity index (χ1) is 5.59. The average molecular weight is 239 g/mol. The Morgan fingerprint density at radius 3 is 2.67 bits per heavy atom. The number of esters is 1. The van der Waals surface area contributed by atoms with Crippen LogP contribution in [0.15, 0.2) is 0 Å². The van der Waals surface area contributed by atoms with Gasteiger partial charge < -0.3 is 4.74 Å². The fourth-order valence-electron chi connectivity index (χ4n) is 1.16. The van der Waals surface area contributed by atoms with E-state index in [1.807, 2.05) is 0 Å². The molecule has 1 unspecified atom stereocenters. The minimum Gasteiger partial charge on any atom is -0.463 e. The van der Waals surface area contributed by atoms with Crippen LogP contribution in [0.5, 0.6) is 0 Å². The van der Waals surface area contributed by atoms with E-state index >= 15 is 0 Å².